The van der Waals surface area contributed by atoms with Gasteiger partial charge in [0.25, 0.3) is 0 Å². The molecular formula is C15H24O5. The largest absolute Gasteiger partial charge is 0.502 e. The van der Waals surface area contributed by atoms with Crippen LogP contribution in [0.2, 0.25) is 0 Å². The molecule has 0 amide bonds. The SMILES string of the molecule is C=COCC[C@H]1OC1(C)[C@H]1[C@H](OC)[C@H](O)CC[C@]12CO2. The highest BCUT2D eigenvalue weighted by molar-refractivity contribution is 5.19. The van der Waals surface area contributed by atoms with Gasteiger partial charge in [0, 0.05) is 13.5 Å². The van der Waals surface area contributed by atoms with Gasteiger partial charge in [-0.15, -0.1) is 0 Å². The first kappa shape index (κ1) is 14.3. The minimum atomic E-state index is -0.439. The molecule has 1 aliphatic carbocycles. The van der Waals surface area contributed by atoms with Crippen LogP contribution < -0.4 is 0 Å². The van der Waals surface area contributed by atoms with Gasteiger partial charge in [-0.1, -0.05) is 6.58 Å². The lowest BCUT2D eigenvalue weighted by atomic mass is 9.68. The van der Waals surface area contributed by atoms with E-state index < -0.39 is 6.10 Å². The van der Waals surface area contributed by atoms with Crippen molar-refractivity contribution in [3.8, 4) is 0 Å². The fraction of sp³-hybridized carbons (Fsp3) is 0.867. The van der Waals surface area contributed by atoms with Gasteiger partial charge in [0.1, 0.15) is 5.60 Å². The lowest BCUT2D eigenvalue weighted by molar-refractivity contribution is -0.116. The van der Waals surface area contributed by atoms with Gasteiger partial charge in [-0.3, -0.25) is 0 Å². The van der Waals surface area contributed by atoms with E-state index in [0.717, 1.165) is 25.9 Å². The van der Waals surface area contributed by atoms with E-state index in [-0.39, 0.29) is 29.3 Å². The van der Waals surface area contributed by atoms with Gasteiger partial charge in [-0.25, -0.2) is 0 Å². The van der Waals surface area contributed by atoms with E-state index in [0.29, 0.717) is 6.61 Å². The van der Waals surface area contributed by atoms with Crippen LogP contribution in [-0.2, 0) is 18.9 Å². The van der Waals surface area contributed by atoms with Crippen LogP contribution in [0, 0.1) is 5.92 Å². The Morgan fingerprint density at radius 2 is 2.25 bits per heavy atom. The number of hydrogen-bond donors (Lipinski definition) is 1. The molecule has 1 spiro atoms. The number of aliphatic hydroxyl groups excluding tert-OH is 1. The van der Waals surface area contributed by atoms with E-state index in [1.807, 2.05) is 0 Å². The summed E-state index contributed by atoms with van der Waals surface area (Å²) in [7, 11) is 1.66. The molecule has 2 aliphatic heterocycles. The maximum Gasteiger partial charge on any atom is 0.100 e. The lowest BCUT2D eigenvalue weighted by Crippen LogP contribution is -2.54. The fourth-order valence-electron chi connectivity index (χ4n) is 3.94. The highest BCUT2D eigenvalue weighted by Gasteiger charge is 2.71. The first-order valence-corrected chi connectivity index (χ1v) is 7.32. The Balaban J connectivity index is 1.71. The van der Waals surface area contributed by atoms with Gasteiger partial charge in [-0.05, 0) is 19.8 Å². The molecule has 0 radical (unpaired) electrons. The molecule has 2 heterocycles. The predicted octanol–water partition coefficient (Wildman–Crippen LogP) is 1.25. The standard InChI is InChI=1S/C15H24O5/c1-4-18-8-6-11-14(2,20-11)13-12(17-3)10(16)5-7-15(13)9-19-15/h4,10-13,16H,1,5-9H2,2-3H3/t10-,11-,12-,13-,14?,15+/m1/s1. The van der Waals surface area contributed by atoms with Crippen molar-refractivity contribution in [3.63, 3.8) is 0 Å². The molecule has 0 bridgehead atoms. The van der Waals surface area contributed by atoms with Crippen LogP contribution in [-0.4, -0.2) is 54.9 Å². The molecule has 0 aromatic carbocycles. The van der Waals surface area contributed by atoms with Crippen molar-refractivity contribution in [1.82, 2.24) is 0 Å². The predicted molar refractivity (Wildman–Crippen MR) is 72.3 cm³/mol. The van der Waals surface area contributed by atoms with E-state index in [9.17, 15) is 5.11 Å². The average molecular weight is 284 g/mol. The first-order chi connectivity index (χ1) is 9.57. The molecule has 0 aromatic heterocycles. The summed E-state index contributed by atoms with van der Waals surface area (Å²) in [5, 5.41) is 10.2. The van der Waals surface area contributed by atoms with Crippen molar-refractivity contribution in [2.45, 2.75) is 55.7 Å². The lowest BCUT2D eigenvalue weighted by Gasteiger charge is -2.41. The monoisotopic (exact) mass is 284 g/mol. The second kappa shape index (κ2) is 4.98. The molecule has 5 heteroatoms. The summed E-state index contributed by atoms with van der Waals surface area (Å²) in [5.41, 5.74) is -0.439. The van der Waals surface area contributed by atoms with Gasteiger partial charge in [0.15, 0.2) is 0 Å². The van der Waals surface area contributed by atoms with Crippen molar-refractivity contribution in [1.29, 1.82) is 0 Å². The number of ether oxygens (including phenoxy) is 4. The molecule has 6 atom stereocenters. The van der Waals surface area contributed by atoms with Gasteiger partial charge >= 0.3 is 0 Å². The molecule has 0 aromatic rings. The van der Waals surface area contributed by atoms with Crippen LogP contribution >= 0.6 is 0 Å². The molecule has 1 saturated carbocycles. The molecule has 5 nitrogen and oxygen atoms in total. The second-order valence-corrected chi connectivity index (χ2v) is 6.25. The highest BCUT2D eigenvalue weighted by Crippen LogP contribution is 2.59. The van der Waals surface area contributed by atoms with Crippen molar-refractivity contribution in [2.75, 3.05) is 20.3 Å². The minimum Gasteiger partial charge on any atom is -0.502 e. The minimum absolute atomic E-state index is 0.0810. The molecule has 20 heavy (non-hydrogen) atoms. The fourth-order valence-corrected chi connectivity index (χ4v) is 3.94. The second-order valence-electron chi connectivity index (χ2n) is 6.25. The van der Waals surface area contributed by atoms with Crippen LogP contribution in [0.4, 0.5) is 0 Å². The third-order valence-electron chi connectivity index (χ3n) is 5.14. The van der Waals surface area contributed by atoms with Crippen molar-refractivity contribution in [2.24, 2.45) is 5.92 Å². The van der Waals surface area contributed by atoms with Crippen LogP contribution in [0.5, 0.6) is 0 Å². The number of aliphatic hydroxyl groups is 1. The van der Waals surface area contributed by atoms with Gasteiger partial charge in [-0.2, -0.15) is 0 Å². The maximum absolute atomic E-state index is 10.2. The van der Waals surface area contributed by atoms with E-state index in [2.05, 4.69) is 13.5 Å². The van der Waals surface area contributed by atoms with Crippen molar-refractivity contribution < 1.29 is 24.1 Å². The highest BCUT2D eigenvalue weighted by atomic mass is 16.6. The average Bonchev–Trinajstić information content (AvgIpc) is 3.33. The summed E-state index contributed by atoms with van der Waals surface area (Å²) in [6, 6.07) is 0. The normalized spacial score (nSPS) is 50.0. The maximum atomic E-state index is 10.2. The number of epoxide rings is 2. The Kier molecular flexibility index (Phi) is 3.57. The molecule has 3 aliphatic rings. The molecule has 3 rings (SSSR count). The first-order valence-electron chi connectivity index (χ1n) is 7.32. The van der Waals surface area contributed by atoms with Crippen LogP contribution in [0.15, 0.2) is 12.8 Å². The van der Waals surface area contributed by atoms with E-state index >= 15 is 0 Å². The van der Waals surface area contributed by atoms with Crippen molar-refractivity contribution in [3.05, 3.63) is 12.8 Å². The molecule has 1 unspecified atom stereocenters. The zero-order valence-electron chi connectivity index (χ0n) is 12.2. The zero-order chi connectivity index (χ0) is 14.4. The summed E-state index contributed by atoms with van der Waals surface area (Å²) in [6.07, 6.45) is 3.36. The molecule has 1 N–H and O–H groups in total. The smallest absolute Gasteiger partial charge is 0.100 e. The molecule has 3 fully saturated rings. The zero-order valence-corrected chi connectivity index (χ0v) is 12.2. The summed E-state index contributed by atoms with van der Waals surface area (Å²) in [6.45, 7) is 6.99. The Labute approximate surface area is 119 Å². The molecule has 114 valence electrons. The third kappa shape index (κ3) is 2.17. The summed E-state index contributed by atoms with van der Waals surface area (Å²) in [4.78, 5) is 0. The summed E-state index contributed by atoms with van der Waals surface area (Å²) in [5.74, 6) is 0.0810. The number of methoxy groups -OCH3 is 1. The number of rotatable bonds is 6. The van der Waals surface area contributed by atoms with E-state index in [1.165, 1.54) is 6.26 Å². The third-order valence-corrected chi connectivity index (χ3v) is 5.14. The Bertz CT molecular complexity index is 380. The quantitative estimate of drug-likeness (QED) is 0.452. The summed E-state index contributed by atoms with van der Waals surface area (Å²) < 4.78 is 22.5. The topological polar surface area (TPSA) is 63.8 Å². The van der Waals surface area contributed by atoms with Crippen LogP contribution in [0.25, 0.3) is 0 Å². The van der Waals surface area contributed by atoms with E-state index in [1.54, 1.807) is 7.11 Å². The van der Waals surface area contributed by atoms with Crippen LogP contribution in [0.1, 0.15) is 26.2 Å². The van der Waals surface area contributed by atoms with Crippen molar-refractivity contribution >= 4 is 0 Å². The Morgan fingerprint density at radius 1 is 1.50 bits per heavy atom. The molecule has 2 saturated heterocycles. The van der Waals surface area contributed by atoms with Gasteiger partial charge < -0.3 is 24.1 Å². The Hall–Kier alpha value is -0.620. The van der Waals surface area contributed by atoms with E-state index in [4.69, 9.17) is 18.9 Å². The summed E-state index contributed by atoms with van der Waals surface area (Å²) >= 11 is 0. The van der Waals surface area contributed by atoms with Crippen LogP contribution in [0.3, 0.4) is 0 Å². The van der Waals surface area contributed by atoms with Gasteiger partial charge in [0.05, 0.1) is 49.3 Å². The molecular weight excluding hydrogens is 260 g/mol. The number of hydrogen-bond acceptors (Lipinski definition) is 5. The van der Waals surface area contributed by atoms with Gasteiger partial charge in [0.2, 0.25) is 0 Å². The Morgan fingerprint density at radius 3 is 2.85 bits per heavy atom.